The summed E-state index contributed by atoms with van der Waals surface area (Å²) in [7, 11) is -4.14. The number of pyridine rings is 1. The van der Waals surface area contributed by atoms with Gasteiger partial charge in [-0.2, -0.15) is 0 Å². The fourth-order valence-electron chi connectivity index (χ4n) is 2.87. The Hall–Kier alpha value is -3.76. The lowest BCUT2D eigenvalue weighted by Crippen LogP contribution is -2.30. The van der Waals surface area contributed by atoms with Gasteiger partial charge in [-0.1, -0.05) is 25.3 Å². The van der Waals surface area contributed by atoms with Crippen LogP contribution in [0.3, 0.4) is 0 Å². The second-order valence-electron chi connectivity index (χ2n) is 7.73. The third kappa shape index (κ3) is 6.87. The van der Waals surface area contributed by atoms with E-state index in [-0.39, 0.29) is 21.9 Å². The Morgan fingerprint density at radius 3 is 2.37 bits per heavy atom. The Morgan fingerprint density at radius 2 is 1.83 bits per heavy atom. The number of sulfonamides is 1. The van der Waals surface area contributed by atoms with Gasteiger partial charge in [0.1, 0.15) is 0 Å². The number of rotatable bonds is 11. The highest BCUT2D eigenvalue weighted by Gasteiger charge is 2.28. The number of ketones is 1. The molecule has 2 N–H and O–H groups in total. The van der Waals surface area contributed by atoms with E-state index in [1.807, 2.05) is 0 Å². The number of benzene rings is 1. The summed E-state index contributed by atoms with van der Waals surface area (Å²) in [5, 5.41) is 8.00. The van der Waals surface area contributed by atoms with Crippen LogP contribution in [0.25, 0.3) is 0 Å². The predicted molar refractivity (Wildman–Crippen MR) is 130 cm³/mol. The number of ether oxygens (including phenoxy) is 1. The van der Waals surface area contributed by atoms with Gasteiger partial charge in [-0.05, 0) is 55.8 Å². The molecule has 0 bridgehead atoms. The first kappa shape index (κ1) is 27.5. The van der Waals surface area contributed by atoms with Crippen LogP contribution in [0.1, 0.15) is 29.8 Å². The third-order valence-electron chi connectivity index (χ3n) is 5.03. The van der Waals surface area contributed by atoms with E-state index in [0.29, 0.717) is 17.7 Å². The standard InChI is InChI=1S/C25H25F2N3O4S/c1-5-21(26)22(27)14-18(23(31)17-8-7-13-29-15-17)16-30-35(32,33)20-11-9-19(10-12-20)25(3,4)24(28)34-6-2/h5-15,28,30H,1-2,16H2,3-4H3/b18-14+,22-21-,28-24?. The molecule has 1 aromatic carbocycles. The van der Waals surface area contributed by atoms with Crippen molar-refractivity contribution in [2.75, 3.05) is 6.54 Å². The third-order valence-corrected chi connectivity index (χ3v) is 6.45. The monoisotopic (exact) mass is 501 g/mol. The first-order valence-electron chi connectivity index (χ1n) is 10.2. The molecule has 1 heterocycles. The Balaban J connectivity index is 2.32. The minimum absolute atomic E-state index is 0.0699. The van der Waals surface area contributed by atoms with Crippen molar-refractivity contribution in [3.8, 4) is 0 Å². The van der Waals surface area contributed by atoms with Crippen LogP contribution in [0.4, 0.5) is 8.78 Å². The first-order chi connectivity index (χ1) is 16.4. The van der Waals surface area contributed by atoms with Crippen molar-refractivity contribution in [3.05, 3.63) is 109 Å². The molecule has 0 unspecified atom stereocenters. The zero-order valence-corrected chi connectivity index (χ0v) is 20.0. The molecule has 35 heavy (non-hydrogen) atoms. The lowest BCUT2D eigenvalue weighted by atomic mass is 9.84. The molecular weight excluding hydrogens is 476 g/mol. The molecule has 10 heteroatoms. The van der Waals surface area contributed by atoms with Crippen LogP contribution in [-0.4, -0.2) is 31.6 Å². The summed E-state index contributed by atoms with van der Waals surface area (Å²) in [5.74, 6) is -3.48. The largest absolute Gasteiger partial charge is 0.451 e. The maximum Gasteiger partial charge on any atom is 0.240 e. The number of halogens is 2. The first-order valence-corrected chi connectivity index (χ1v) is 11.7. The maximum absolute atomic E-state index is 14.1. The zero-order valence-electron chi connectivity index (χ0n) is 19.2. The second kappa shape index (κ2) is 11.6. The summed E-state index contributed by atoms with van der Waals surface area (Å²) < 4.78 is 60.6. The van der Waals surface area contributed by atoms with Gasteiger partial charge >= 0.3 is 0 Å². The molecule has 0 spiro atoms. The zero-order chi connectivity index (χ0) is 26.2. The fraction of sp³-hybridized carbons (Fsp3) is 0.160. The number of allylic oxidation sites excluding steroid dienone is 4. The Morgan fingerprint density at radius 1 is 1.17 bits per heavy atom. The summed E-state index contributed by atoms with van der Waals surface area (Å²) in [4.78, 5) is 16.5. The van der Waals surface area contributed by atoms with Gasteiger partial charge in [0.05, 0.1) is 16.6 Å². The summed E-state index contributed by atoms with van der Waals surface area (Å²) in [6.45, 7) is 9.39. The van der Waals surface area contributed by atoms with Gasteiger partial charge in [0.25, 0.3) is 0 Å². The van der Waals surface area contributed by atoms with Crippen molar-refractivity contribution in [1.82, 2.24) is 9.71 Å². The molecule has 2 rings (SSSR count). The average molecular weight is 502 g/mol. The van der Waals surface area contributed by atoms with E-state index in [0.717, 1.165) is 6.26 Å². The second-order valence-corrected chi connectivity index (χ2v) is 9.49. The van der Waals surface area contributed by atoms with Gasteiger partial charge in [0.2, 0.25) is 10.0 Å². The number of carbonyl (C=O) groups excluding carboxylic acids is 1. The van der Waals surface area contributed by atoms with E-state index in [9.17, 15) is 22.0 Å². The average Bonchev–Trinajstić information content (AvgIpc) is 2.86. The summed E-state index contributed by atoms with van der Waals surface area (Å²) >= 11 is 0. The van der Waals surface area contributed by atoms with Crippen LogP contribution in [0.15, 0.2) is 102 Å². The van der Waals surface area contributed by atoms with Crippen LogP contribution in [0.5, 0.6) is 0 Å². The number of carbonyl (C=O) groups is 1. The summed E-state index contributed by atoms with van der Waals surface area (Å²) in [6, 6.07) is 8.59. The van der Waals surface area contributed by atoms with Crippen molar-refractivity contribution >= 4 is 21.7 Å². The van der Waals surface area contributed by atoms with Gasteiger partial charge in [-0.3, -0.25) is 15.2 Å². The highest BCUT2D eigenvalue weighted by Crippen LogP contribution is 2.26. The number of aromatic nitrogens is 1. The maximum atomic E-state index is 14.1. The van der Waals surface area contributed by atoms with E-state index < -0.39 is 39.4 Å². The van der Waals surface area contributed by atoms with Crippen LogP contribution >= 0.6 is 0 Å². The molecule has 1 aromatic heterocycles. The van der Waals surface area contributed by atoms with Gasteiger partial charge in [0.15, 0.2) is 23.3 Å². The molecule has 0 aliphatic carbocycles. The molecule has 0 aliphatic heterocycles. The minimum Gasteiger partial charge on any atom is -0.451 e. The fourth-order valence-corrected chi connectivity index (χ4v) is 3.87. The highest BCUT2D eigenvalue weighted by atomic mass is 32.2. The number of Topliss-reactive ketones (excluding diaryl/α,β-unsaturated/α-hetero) is 1. The lowest BCUT2D eigenvalue weighted by molar-refractivity contribution is 0.103. The van der Waals surface area contributed by atoms with E-state index in [2.05, 4.69) is 22.9 Å². The van der Waals surface area contributed by atoms with Crippen molar-refractivity contribution in [2.24, 2.45) is 0 Å². The van der Waals surface area contributed by atoms with Gasteiger partial charge in [-0.15, -0.1) is 0 Å². The molecule has 0 fully saturated rings. The van der Waals surface area contributed by atoms with E-state index >= 15 is 0 Å². The minimum atomic E-state index is -4.14. The van der Waals surface area contributed by atoms with E-state index in [1.54, 1.807) is 13.8 Å². The topological polar surface area (TPSA) is 109 Å². The molecule has 0 atom stereocenters. The smallest absolute Gasteiger partial charge is 0.240 e. The summed E-state index contributed by atoms with van der Waals surface area (Å²) in [5.41, 5.74) is -0.512. The van der Waals surface area contributed by atoms with Crippen LogP contribution in [0.2, 0.25) is 0 Å². The van der Waals surface area contributed by atoms with E-state index in [1.165, 1.54) is 48.8 Å². The molecule has 7 nitrogen and oxygen atoms in total. The normalized spacial score (nSPS) is 13.0. The van der Waals surface area contributed by atoms with Crippen LogP contribution in [0, 0.1) is 5.41 Å². The molecule has 0 amide bonds. The molecule has 0 radical (unpaired) electrons. The summed E-state index contributed by atoms with van der Waals surface area (Å²) in [6.07, 6.45) is 5.03. The van der Waals surface area contributed by atoms with Gasteiger partial charge in [-0.25, -0.2) is 21.9 Å². The number of hydrogen-bond acceptors (Lipinski definition) is 6. The van der Waals surface area contributed by atoms with Crippen LogP contribution in [-0.2, 0) is 20.2 Å². The molecule has 0 aliphatic rings. The number of nitrogens with zero attached hydrogens (tertiary/aromatic N) is 1. The Kier molecular flexibility index (Phi) is 9.10. The van der Waals surface area contributed by atoms with Crippen LogP contribution < -0.4 is 4.72 Å². The number of hydrogen-bond donors (Lipinski definition) is 2. The van der Waals surface area contributed by atoms with Gasteiger partial charge in [0, 0.05) is 30.1 Å². The quantitative estimate of drug-likeness (QED) is 0.113. The number of nitrogens with one attached hydrogen (secondary N) is 2. The molecule has 2 aromatic rings. The van der Waals surface area contributed by atoms with Crippen molar-refractivity contribution in [1.29, 1.82) is 5.41 Å². The Bertz CT molecular complexity index is 1280. The molecule has 0 saturated carbocycles. The van der Waals surface area contributed by atoms with Crippen molar-refractivity contribution in [2.45, 2.75) is 24.2 Å². The predicted octanol–water partition coefficient (Wildman–Crippen LogP) is 4.92. The van der Waals surface area contributed by atoms with Crippen molar-refractivity contribution in [3.63, 3.8) is 0 Å². The van der Waals surface area contributed by atoms with E-state index in [4.69, 9.17) is 10.1 Å². The molecule has 0 saturated heterocycles. The van der Waals surface area contributed by atoms with Gasteiger partial charge < -0.3 is 4.74 Å². The molecule has 184 valence electrons. The SMILES string of the molecule is C=COC(=N)C(C)(C)c1ccc(S(=O)(=O)NC/C(=C\C(F)=C(\F)C=C)C(=O)c2cccnc2)cc1. The van der Waals surface area contributed by atoms with Crippen molar-refractivity contribution < 1.29 is 26.7 Å². The molecular formula is C25H25F2N3O4S. The lowest BCUT2D eigenvalue weighted by Gasteiger charge is -2.24. The Labute approximate surface area is 203 Å². The highest BCUT2D eigenvalue weighted by molar-refractivity contribution is 7.89.